The van der Waals surface area contributed by atoms with E-state index in [0.29, 0.717) is 31.7 Å². The first-order chi connectivity index (χ1) is 20.0. The monoisotopic (exact) mass is 551 g/mol. The highest BCUT2D eigenvalue weighted by molar-refractivity contribution is 5.96. The van der Waals surface area contributed by atoms with Gasteiger partial charge < -0.3 is 19.1 Å². The number of amides is 2. The van der Waals surface area contributed by atoms with Gasteiger partial charge in [-0.15, -0.1) is 0 Å². The molecule has 0 radical (unpaired) electrons. The molecule has 0 aliphatic rings. The fourth-order valence-electron chi connectivity index (χ4n) is 4.89. The van der Waals surface area contributed by atoms with Crippen LogP contribution in [0.4, 0.5) is 0 Å². The maximum atomic E-state index is 14.0. The fraction of sp³-hybridized carbons (Fsp3) is 0.314. The summed E-state index contributed by atoms with van der Waals surface area (Å²) in [7, 11) is 1.67. The van der Waals surface area contributed by atoms with Crippen molar-refractivity contribution in [2.75, 3.05) is 20.2 Å². The van der Waals surface area contributed by atoms with Crippen molar-refractivity contribution in [1.82, 2.24) is 14.4 Å². The molecule has 0 N–H and O–H groups in total. The molecule has 0 atom stereocenters. The molecule has 0 unspecified atom stereocenters. The summed E-state index contributed by atoms with van der Waals surface area (Å²) in [6.07, 6.45) is 4.96. The maximum absolute atomic E-state index is 14.0. The second kappa shape index (κ2) is 14.9. The molecule has 0 fully saturated rings. The van der Waals surface area contributed by atoms with Crippen molar-refractivity contribution in [3.05, 3.63) is 125 Å². The molecular formula is C35H41N3O3. The molecule has 4 rings (SSSR count). The van der Waals surface area contributed by atoms with E-state index in [0.717, 1.165) is 47.4 Å². The number of carbonyl (C=O) groups excluding carboxylic acids is 2. The van der Waals surface area contributed by atoms with Crippen LogP contribution < -0.4 is 4.74 Å². The van der Waals surface area contributed by atoms with E-state index in [1.165, 1.54) is 0 Å². The number of hydrogen-bond donors (Lipinski definition) is 0. The zero-order chi connectivity index (χ0) is 29.0. The maximum Gasteiger partial charge on any atom is 0.254 e. The fourth-order valence-corrected chi connectivity index (χ4v) is 4.89. The van der Waals surface area contributed by atoms with Gasteiger partial charge in [0.15, 0.2) is 0 Å². The Morgan fingerprint density at radius 2 is 1.56 bits per heavy atom. The van der Waals surface area contributed by atoms with Crippen LogP contribution in [0, 0.1) is 6.92 Å². The van der Waals surface area contributed by atoms with Crippen LogP contribution in [0.1, 0.15) is 58.9 Å². The number of benzene rings is 3. The average Bonchev–Trinajstić information content (AvgIpc) is 3.43. The van der Waals surface area contributed by atoms with E-state index in [1.54, 1.807) is 12.0 Å². The lowest BCUT2D eigenvalue weighted by molar-refractivity contribution is -0.133. The molecule has 0 spiro atoms. The number of methoxy groups -OCH3 is 1. The third-order valence-electron chi connectivity index (χ3n) is 7.28. The van der Waals surface area contributed by atoms with E-state index in [1.807, 2.05) is 96.9 Å². The summed E-state index contributed by atoms with van der Waals surface area (Å²) >= 11 is 0. The van der Waals surface area contributed by atoms with Crippen LogP contribution in [-0.2, 0) is 24.4 Å². The summed E-state index contributed by atoms with van der Waals surface area (Å²) in [4.78, 5) is 31.1. The number of carbonyl (C=O) groups is 2. The van der Waals surface area contributed by atoms with Crippen molar-refractivity contribution in [3.63, 3.8) is 0 Å². The smallest absolute Gasteiger partial charge is 0.254 e. The van der Waals surface area contributed by atoms with Gasteiger partial charge in [0.05, 0.1) is 13.7 Å². The van der Waals surface area contributed by atoms with Crippen molar-refractivity contribution < 1.29 is 14.3 Å². The quantitative estimate of drug-likeness (QED) is 0.164. The average molecular weight is 552 g/mol. The van der Waals surface area contributed by atoms with Gasteiger partial charge in [0, 0.05) is 37.1 Å². The first kappa shape index (κ1) is 29.7. The lowest BCUT2D eigenvalue weighted by Crippen LogP contribution is -2.43. The predicted octanol–water partition coefficient (Wildman–Crippen LogP) is 6.71. The second-order valence-corrected chi connectivity index (χ2v) is 10.5. The summed E-state index contributed by atoms with van der Waals surface area (Å²) in [5.74, 6) is 0.647. The van der Waals surface area contributed by atoms with E-state index >= 15 is 0 Å². The molecule has 6 heteroatoms. The Balaban J connectivity index is 1.56. The van der Waals surface area contributed by atoms with Gasteiger partial charge in [-0.05, 0) is 60.9 Å². The van der Waals surface area contributed by atoms with E-state index in [-0.39, 0.29) is 18.4 Å². The van der Waals surface area contributed by atoms with E-state index < -0.39 is 0 Å². The highest BCUT2D eigenvalue weighted by atomic mass is 16.5. The molecule has 0 aliphatic heterocycles. The molecule has 2 amide bonds. The summed E-state index contributed by atoms with van der Waals surface area (Å²) in [6, 6.07) is 29.7. The predicted molar refractivity (Wildman–Crippen MR) is 164 cm³/mol. The number of unbranched alkanes of at least 4 members (excludes halogenated alkanes) is 2. The molecule has 3 aromatic carbocycles. The van der Waals surface area contributed by atoms with Crippen molar-refractivity contribution in [2.24, 2.45) is 0 Å². The van der Waals surface area contributed by atoms with Gasteiger partial charge in [-0.1, -0.05) is 79.9 Å². The van der Waals surface area contributed by atoms with Crippen LogP contribution in [0.15, 0.2) is 97.2 Å². The number of hydrogen-bond acceptors (Lipinski definition) is 3. The summed E-state index contributed by atoms with van der Waals surface area (Å²) < 4.78 is 7.56. The lowest BCUT2D eigenvalue weighted by Gasteiger charge is -2.28. The van der Waals surface area contributed by atoms with E-state index in [9.17, 15) is 9.59 Å². The second-order valence-electron chi connectivity index (χ2n) is 10.5. The Morgan fingerprint density at radius 3 is 2.29 bits per heavy atom. The number of nitrogens with zero attached hydrogens (tertiary/aromatic N) is 3. The number of aromatic nitrogens is 1. The van der Waals surface area contributed by atoms with Gasteiger partial charge in [0.25, 0.3) is 5.91 Å². The van der Waals surface area contributed by atoms with Crippen molar-refractivity contribution in [2.45, 2.75) is 52.7 Å². The van der Waals surface area contributed by atoms with Crippen LogP contribution in [0.5, 0.6) is 5.75 Å². The standard InChI is InChI=1S/C35H41N3O3/c1-4-5-9-21-37(35(40)31-19-17-28(2)18-20-31)27-34(39)38(24-29-12-7-6-8-13-29)26-32-15-11-22-36(32)25-30-14-10-16-33(23-30)41-3/h6-8,10-20,22-23H,4-5,9,21,24-27H2,1-3H3. The highest BCUT2D eigenvalue weighted by Crippen LogP contribution is 2.18. The van der Waals surface area contributed by atoms with Crippen LogP contribution >= 0.6 is 0 Å². The van der Waals surface area contributed by atoms with Gasteiger partial charge in [-0.2, -0.15) is 0 Å². The summed E-state index contributed by atoms with van der Waals surface area (Å²) in [5, 5.41) is 0. The summed E-state index contributed by atoms with van der Waals surface area (Å²) in [6.45, 7) is 6.30. The molecule has 1 aromatic heterocycles. The molecule has 214 valence electrons. The molecule has 0 bridgehead atoms. The Kier molecular flexibility index (Phi) is 10.8. The third-order valence-corrected chi connectivity index (χ3v) is 7.28. The highest BCUT2D eigenvalue weighted by Gasteiger charge is 2.23. The van der Waals surface area contributed by atoms with E-state index in [4.69, 9.17) is 4.74 Å². The van der Waals surface area contributed by atoms with Crippen LogP contribution in [-0.4, -0.2) is 46.4 Å². The van der Waals surface area contributed by atoms with Crippen LogP contribution in [0.25, 0.3) is 0 Å². The van der Waals surface area contributed by atoms with Crippen LogP contribution in [0.3, 0.4) is 0 Å². The van der Waals surface area contributed by atoms with Gasteiger partial charge >= 0.3 is 0 Å². The van der Waals surface area contributed by atoms with Crippen molar-refractivity contribution >= 4 is 11.8 Å². The molecule has 6 nitrogen and oxygen atoms in total. The minimum absolute atomic E-state index is 0.0415. The topological polar surface area (TPSA) is 54.8 Å². The number of aryl methyl sites for hydroxylation is 1. The zero-order valence-electron chi connectivity index (χ0n) is 24.5. The first-order valence-electron chi connectivity index (χ1n) is 14.4. The van der Waals surface area contributed by atoms with Crippen molar-refractivity contribution in [1.29, 1.82) is 0 Å². The Bertz CT molecular complexity index is 1400. The number of ether oxygens (including phenoxy) is 1. The largest absolute Gasteiger partial charge is 0.497 e. The van der Waals surface area contributed by atoms with Gasteiger partial charge in [0.1, 0.15) is 12.3 Å². The molecule has 0 saturated heterocycles. The van der Waals surface area contributed by atoms with Crippen molar-refractivity contribution in [3.8, 4) is 5.75 Å². The third kappa shape index (κ3) is 8.58. The normalized spacial score (nSPS) is 10.8. The van der Waals surface area contributed by atoms with Gasteiger partial charge in [-0.25, -0.2) is 0 Å². The summed E-state index contributed by atoms with van der Waals surface area (Å²) in [5.41, 5.74) is 4.91. The SMILES string of the molecule is CCCCCN(CC(=O)N(Cc1ccccc1)Cc1cccn1Cc1cccc(OC)c1)C(=O)c1ccc(C)cc1. The molecule has 1 heterocycles. The Hall–Kier alpha value is -4.32. The minimum atomic E-state index is -0.101. The molecule has 0 saturated carbocycles. The minimum Gasteiger partial charge on any atom is -0.497 e. The zero-order valence-corrected chi connectivity index (χ0v) is 24.5. The Labute approximate surface area is 244 Å². The Morgan fingerprint density at radius 1 is 0.805 bits per heavy atom. The van der Waals surface area contributed by atoms with Gasteiger partial charge in [0.2, 0.25) is 5.91 Å². The molecule has 4 aromatic rings. The lowest BCUT2D eigenvalue weighted by atomic mass is 10.1. The molecule has 0 aliphatic carbocycles. The molecular weight excluding hydrogens is 510 g/mol. The van der Waals surface area contributed by atoms with Gasteiger partial charge in [-0.3, -0.25) is 9.59 Å². The van der Waals surface area contributed by atoms with E-state index in [2.05, 4.69) is 23.6 Å². The first-order valence-corrected chi connectivity index (χ1v) is 14.4. The number of rotatable bonds is 14. The van der Waals surface area contributed by atoms with Crippen LogP contribution in [0.2, 0.25) is 0 Å². The molecule has 41 heavy (non-hydrogen) atoms.